The third kappa shape index (κ3) is 12.0. The van der Waals surface area contributed by atoms with E-state index in [2.05, 4.69) is 109 Å². The minimum atomic E-state index is -2.17. The van der Waals surface area contributed by atoms with Crippen LogP contribution in [0.2, 0.25) is 0 Å². The Labute approximate surface area is 352 Å². The maximum atomic E-state index is 14.3. The van der Waals surface area contributed by atoms with E-state index < -0.39 is 17.9 Å². The first-order valence-electron chi connectivity index (χ1n) is 19.0. The average molecular weight is 1020 g/mol. The molecule has 0 saturated carbocycles. The number of aromatic hydroxyl groups is 3. The first-order chi connectivity index (χ1) is 24.8. The van der Waals surface area contributed by atoms with Crippen LogP contribution < -0.4 is 5.11 Å². The van der Waals surface area contributed by atoms with Crippen LogP contribution >= 0.6 is 0 Å². The molecular weight excluding hydrogens is 953 g/mol. The Balaban J connectivity index is 0.00000140. The zero-order valence-corrected chi connectivity index (χ0v) is 39.7. The van der Waals surface area contributed by atoms with Crippen molar-refractivity contribution in [3.63, 3.8) is 0 Å². The number of benzene rings is 4. The van der Waals surface area contributed by atoms with E-state index in [4.69, 9.17) is 6.94 Å². The Morgan fingerprint density at radius 2 is 0.600 bits per heavy atom. The summed E-state index contributed by atoms with van der Waals surface area (Å²) in [6.07, 6.45) is 2.44. The van der Waals surface area contributed by atoms with Gasteiger partial charge in [-0.05, 0) is 77.3 Å². The van der Waals surface area contributed by atoms with Crippen LogP contribution in [-0.2, 0) is 92.6 Å². The van der Waals surface area contributed by atoms with Crippen molar-refractivity contribution >= 4 is 0 Å². The Bertz CT molecular complexity index is 1640. The van der Waals surface area contributed by atoms with Crippen molar-refractivity contribution in [2.45, 2.75) is 151 Å². The van der Waals surface area contributed by atoms with Gasteiger partial charge in [0.15, 0.2) is 0 Å². The van der Waals surface area contributed by atoms with E-state index >= 15 is 0 Å². The molecule has 0 amide bonds. The third-order valence-electron chi connectivity index (χ3n) is 10.0. The van der Waals surface area contributed by atoms with E-state index in [1.165, 1.54) is 6.42 Å². The van der Waals surface area contributed by atoms with E-state index in [9.17, 15) is 20.4 Å². The van der Waals surface area contributed by atoms with Gasteiger partial charge in [0, 0.05) is 25.7 Å². The van der Waals surface area contributed by atoms with Crippen molar-refractivity contribution in [1.82, 2.24) is 0 Å². The molecule has 0 aromatic heterocycles. The fourth-order valence-corrected chi connectivity index (χ4v) is 6.66. The molecule has 1 aliphatic rings. The normalized spacial score (nSPS) is 13.0. The molecule has 4 aromatic carbocycles. The zero-order valence-electron chi connectivity index (χ0n) is 35.4. The summed E-state index contributed by atoms with van der Waals surface area (Å²) in [6, 6.07) is 16.3. The van der Waals surface area contributed by atoms with Crippen LogP contribution in [0.5, 0.6) is 23.0 Å². The minimum absolute atomic E-state index is 0. The Morgan fingerprint density at radius 3 is 0.764 bits per heavy atom. The summed E-state index contributed by atoms with van der Waals surface area (Å²) in [5.41, 5.74) is 8.96. The van der Waals surface area contributed by atoms with Gasteiger partial charge in [-0.25, -0.2) is 0 Å². The van der Waals surface area contributed by atoms with E-state index in [-0.39, 0.29) is 77.9 Å². The van der Waals surface area contributed by atoms with Gasteiger partial charge in [0.1, 0.15) is 17.2 Å². The molecule has 1 aliphatic carbocycles. The van der Waals surface area contributed by atoms with Gasteiger partial charge in [0.2, 0.25) is 0 Å². The molecule has 55 heavy (non-hydrogen) atoms. The Morgan fingerprint density at radius 1 is 0.455 bits per heavy atom. The molecule has 0 aliphatic heterocycles. The first kappa shape index (κ1) is 48.2. The summed E-state index contributed by atoms with van der Waals surface area (Å²) < 4.78 is 17.1. The molecule has 0 unspecified atom stereocenters. The fourth-order valence-electron chi connectivity index (χ4n) is 6.66. The molecular formula is C47H63O6PdRe+. The third-order valence-corrected chi connectivity index (χ3v) is 10.0. The number of hydrogen-bond donors (Lipinski definition) is 3. The molecule has 8 heteroatoms. The van der Waals surface area contributed by atoms with E-state index in [0.717, 1.165) is 44.5 Å². The maximum absolute atomic E-state index is 14.3. The average Bonchev–Trinajstić information content (AvgIpc) is 3.02. The van der Waals surface area contributed by atoms with Crippen LogP contribution in [0, 0.1) is 0 Å². The van der Waals surface area contributed by atoms with Crippen LogP contribution in [0.4, 0.5) is 0 Å². The summed E-state index contributed by atoms with van der Waals surface area (Å²) in [5, 5.41) is 50.0. The summed E-state index contributed by atoms with van der Waals surface area (Å²) in [4.78, 5) is 0. The standard InChI is InChI=1S/C44H56O4.C3H8.2O.Pd.Re/c1-41(2,3)33-17-25-13-27-19-34(42(4,5)6)21-29(38(27)46)15-31-23-36(44(10,11)12)24-32(40(31)48)16-30-22-35(43(7,8)9)20-28(39(30)47)14-26(18-33)37(25)45;1-3-2;;;;/h17-24,45-48H,13-16H2,1-12H3;3H2,1-2H3;;;;/q;;;;+2;/p-1. The van der Waals surface area contributed by atoms with Crippen LogP contribution in [0.3, 0.4) is 0 Å². The second-order valence-corrected chi connectivity index (χ2v) is 19.5. The van der Waals surface area contributed by atoms with Crippen LogP contribution in [-0.4, -0.2) is 15.3 Å². The summed E-state index contributed by atoms with van der Waals surface area (Å²) in [5.74, 6) is 0.451. The SMILES string of the molecule is CC(C)(C)c1cc2c([O-])c(c1)Cc1cc(C(C)(C)C)cc(c1O)Cc1cc(C(C)(C)C)cc(c1O)Cc1cc(C(C)(C)C)cc(c1O)C2.CCC.[O]=[Re]=[O].[Pd+2]. The molecule has 0 atom stereocenters. The second kappa shape index (κ2) is 18.5. The summed E-state index contributed by atoms with van der Waals surface area (Å²) >= 11 is -2.17. The second-order valence-electron chi connectivity index (χ2n) is 19.0. The van der Waals surface area contributed by atoms with Crippen LogP contribution in [0.1, 0.15) is 170 Å². The number of phenols is 3. The molecule has 0 heterocycles. The van der Waals surface area contributed by atoms with Crippen molar-refractivity contribution in [2.24, 2.45) is 0 Å². The van der Waals surface area contributed by atoms with Crippen molar-refractivity contribution in [1.29, 1.82) is 0 Å². The molecule has 0 radical (unpaired) electrons. The van der Waals surface area contributed by atoms with Gasteiger partial charge in [-0.2, -0.15) is 0 Å². The monoisotopic (exact) mass is 1020 g/mol. The number of hydrogen-bond acceptors (Lipinski definition) is 6. The molecule has 5 rings (SSSR count). The molecule has 8 bridgehead atoms. The van der Waals surface area contributed by atoms with Gasteiger partial charge in [0.25, 0.3) is 0 Å². The fraction of sp³-hybridized carbons (Fsp3) is 0.489. The largest absolute Gasteiger partial charge is 2.00 e. The quantitative estimate of drug-likeness (QED) is 0.133. The predicted octanol–water partition coefficient (Wildman–Crippen LogP) is 10.9. The van der Waals surface area contributed by atoms with Crippen molar-refractivity contribution < 1.29 is 65.7 Å². The maximum Gasteiger partial charge on any atom is 2.00 e. The summed E-state index contributed by atoms with van der Waals surface area (Å²) in [7, 11) is 0. The van der Waals surface area contributed by atoms with Gasteiger partial charge in [-0.3, -0.25) is 0 Å². The zero-order chi connectivity index (χ0) is 41.1. The number of phenolic OH excluding ortho intramolecular Hbond substituents is 3. The smallest absolute Gasteiger partial charge is 2.00 e. The molecule has 303 valence electrons. The first-order valence-corrected chi connectivity index (χ1v) is 21.3. The molecule has 4 aromatic rings. The topological polar surface area (TPSA) is 118 Å². The van der Waals surface area contributed by atoms with E-state index in [1.54, 1.807) is 0 Å². The predicted molar refractivity (Wildman–Crippen MR) is 214 cm³/mol. The molecule has 3 N–H and O–H groups in total. The van der Waals surface area contributed by atoms with Gasteiger partial charge in [-0.15, -0.1) is 5.75 Å². The summed E-state index contributed by atoms with van der Waals surface area (Å²) in [6.45, 7) is 30.1. The van der Waals surface area contributed by atoms with Gasteiger partial charge < -0.3 is 20.4 Å². The Hall–Kier alpha value is -3.00. The minimum Gasteiger partial charge on any atom is 2.00 e. The van der Waals surface area contributed by atoms with Gasteiger partial charge in [-0.1, -0.05) is 163 Å². The van der Waals surface area contributed by atoms with Crippen molar-refractivity contribution in [3.05, 3.63) is 115 Å². The number of fused-ring (bicyclic) bond motifs is 8. The molecule has 6 nitrogen and oxygen atoms in total. The molecule has 0 fully saturated rings. The van der Waals surface area contributed by atoms with Crippen molar-refractivity contribution in [3.8, 4) is 23.0 Å². The number of rotatable bonds is 0. The molecule has 0 saturated heterocycles. The van der Waals surface area contributed by atoms with Gasteiger partial charge in [0.05, 0.1) is 0 Å². The van der Waals surface area contributed by atoms with E-state index in [1.807, 2.05) is 36.4 Å². The van der Waals surface area contributed by atoms with Crippen molar-refractivity contribution in [2.75, 3.05) is 0 Å². The Kier molecular flexibility index (Phi) is 16.2. The molecule has 0 spiro atoms. The van der Waals surface area contributed by atoms with Gasteiger partial charge >= 0.3 is 45.3 Å². The van der Waals surface area contributed by atoms with E-state index in [0.29, 0.717) is 35.1 Å². The van der Waals surface area contributed by atoms with Crippen LogP contribution in [0.15, 0.2) is 48.5 Å². The van der Waals surface area contributed by atoms with Crippen LogP contribution in [0.25, 0.3) is 0 Å².